The van der Waals surface area contributed by atoms with Gasteiger partial charge in [0.1, 0.15) is 5.25 Å². The summed E-state index contributed by atoms with van der Waals surface area (Å²) in [4.78, 5) is 16.2. The molecule has 0 radical (unpaired) electrons. The van der Waals surface area contributed by atoms with Crippen LogP contribution in [-0.2, 0) is 4.79 Å². The van der Waals surface area contributed by atoms with Gasteiger partial charge < -0.3 is 5.11 Å². The van der Waals surface area contributed by atoms with Gasteiger partial charge in [-0.3, -0.25) is 4.79 Å². The molecule has 1 aromatic rings. The fraction of sp³-hybridized carbons (Fsp3) is 0.556. The molecule has 0 aromatic carbocycles. The summed E-state index contributed by atoms with van der Waals surface area (Å²) in [7, 11) is 0. The number of aliphatic carboxylic acids is 1. The zero-order chi connectivity index (χ0) is 10.7. The lowest BCUT2D eigenvalue weighted by Crippen LogP contribution is -2.14. The average Bonchev–Trinajstić information content (AvgIpc) is 2.41. The first-order chi connectivity index (χ1) is 6.54. The fourth-order valence-electron chi connectivity index (χ4n) is 0.924. The SMILES string of the molecule is CCC(Sc1nc(C)c(C)s1)C(=O)O. The van der Waals surface area contributed by atoms with E-state index in [1.54, 1.807) is 11.3 Å². The second-order valence-corrected chi connectivity index (χ2v) is 5.63. The minimum Gasteiger partial charge on any atom is -0.480 e. The Morgan fingerprint density at radius 2 is 2.29 bits per heavy atom. The number of thioether (sulfide) groups is 1. The third-order valence-electron chi connectivity index (χ3n) is 1.90. The Hall–Kier alpha value is -0.550. The molecule has 0 aliphatic rings. The molecule has 5 heteroatoms. The monoisotopic (exact) mass is 231 g/mol. The van der Waals surface area contributed by atoms with Crippen LogP contribution in [-0.4, -0.2) is 21.3 Å². The quantitative estimate of drug-likeness (QED) is 0.809. The first-order valence-electron chi connectivity index (χ1n) is 4.38. The molecule has 0 fully saturated rings. The second-order valence-electron chi connectivity index (χ2n) is 2.97. The largest absolute Gasteiger partial charge is 0.480 e. The van der Waals surface area contributed by atoms with E-state index in [0.717, 1.165) is 14.9 Å². The van der Waals surface area contributed by atoms with Crippen molar-refractivity contribution in [3.05, 3.63) is 10.6 Å². The topological polar surface area (TPSA) is 50.2 Å². The number of aryl methyl sites for hydroxylation is 2. The number of carboxylic acids is 1. The smallest absolute Gasteiger partial charge is 0.317 e. The zero-order valence-corrected chi connectivity index (χ0v) is 10.0. The molecule has 1 rings (SSSR count). The molecule has 0 aliphatic carbocycles. The van der Waals surface area contributed by atoms with Gasteiger partial charge in [-0.05, 0) is 20.3 Å². The Kier molecular flexibility index (Phi) is 3.95. The van der Waals surface area contributed by atoms with Crippen molar-refractivity contribution in [2.75, 3.05) is 0 Å². The van der Waals surface area contributed by atoms with Crippen LogP contribution in [0.3, 0.4) is 0 Å². The molecular weight excluding hydrogens is 218 g/mol. The standard InChI is InChI=1S/C9H13NO2S2/c1-4-7(8(11)12)14-9-10-5(2)6(3)13-9/h7H,4H2,1-3H3,(H,11,12). The van der Waals surface area contributed by atoms with Gasteiger partial charge in [-0.1, -0.05) is 18.7 Å². The first kappa shape index (κ1) is 11.5. The lowest BCUT2D eigenvalue weighted by Gasteiger charge is -2.05. The third-order valence-corrected chi connectivity index (χ3v) is 4.42. The van der Waals surface area contributed by atoms with Gasteiger partial charge in [0.25, 0.3) is 0 Å². The van der Waals surface area contributed by atoms with Crippen LogP contribution in [0.5, 0.6) is 0 Å². The number of hydrogen-bond donors (Lipinski definition) is 1. The summed E-state index contributed by atoms with van der Waals surface area (Å²) >= 11 is 2.90. The Bertz CT molecular complexity index is 316. The molecule has 1 unspecified atom stereocenters. The highest BCUT2D eigenvalue weighted by molar-refractivity contribution is 8.02. The predicted molar refractivity (Wildman–Crippen MR) is 59.2 cm³/mol. The third kappa shape index (κ3) is 2.72. The number of hydrogen-bond acceptors (Lipinski definition) is 4. The number of carbonyl (C=O) groups is 1. The van der Waals surface area contributed by atoms with Gasteiger partial charge in [0.2, 0.25) is 0 Å². The van der Waals surface area contributed by atoms with Gasteiger partial charge in [0.15, 0.2) is 4.34 Å². The predicted octanol–water partition coefficient (Wildman–Crippen LogP) is 2.72. The average molecular weight is 231 g/mol. The lowest BCUT2D eigenvalue weighted by molar-refractivity contribution is -0.136. The van der Waals surface area contributed by atoms with Gasteiger partial charge in [-0.2, -0.15) is 0 Å². The highest BCUT2D eigenvalue weighted by Gasteiger charge is 2.18. The van der Waals surface area contributed by atoms with Crippen LogP contribution in [0.4, 0.5) is 0 Å². The van der Waals surface area contributed by atoms with E-state index in [2.05, 4.69) is 4.98 Å². The van der Waals surface area contributed by atoms with E-state index in [1.165, 1.54) is 11.8 Å². The van der Waals surface area contributed by atoms with E-state index < -0.39 is 5.97 Å². The van der Waals surface area contributed by atoms with E-state index in [-0.39, 0.29) is 5.25 Å². The molecule has 0 bridgehead atoms. The fourth-order valence-corrected chi connectivity index (χ4v) is 3.18. The van der Waals surface area contributed by atoms with Crippen LogP contribution in [0.15, 0.2) is 4.34 Å². The van der Waals surface area contributed by atoms with Crippen molar-refractivity contribution >= 4 is 29.1 Å². The molecule has 14 heavy (non-hydrogen) atoms. The summed E-state index contributed by atoms with van der Waals surface area (Å²) in [6.45, 7) is 5.81. The van der Waals surface area contributed by atoms with Crippen molar-refractivity contribution in [3.63, 3.8) is 0 Å². The van der Waals surface area contributed by atoms with Crippen LogP contribution in [0.25, 0.3) is 0 Å². The maximum Gasteiger partial charge on any atom is 0.317 e. The normalized spacial score (nSPS) is 12.8. The molecule has 0 aliphatic heterocycles. The number of thiazole rings is 1. The minimum absolute atomic E-state index is 0.375. The van der Waals surface area contributed by atoms with Crippen LogP contribution in [0.2, 0.25) is 0 Å². The highest BCUT2D eigenvalue weighted by Crippen LogP contribution is 2.30. The molecule has 0 amide bonds. The molecular formula is C9H13NO2S2. The van der Waals surface area contributed by atoms with E-state index >= 15 is 0 Å². The number of rotatable bonds is 4. The Balaban J connectivity index is 2.72. The summed E-state index contributed by atoms with van der Waals surface area (Å²) in [5, 5.41) is 8.49. The van der Waals surface area contributed by atoms with Crippen LogP contribution in [0, 0.1) is 13.8 Å². The molecule has 3 nitrogen and oxygen atoms in total. The van der Waals surface area contributed by atoms with Gasteiger partial charge in [-0.25, -0.2) is 4.98 Å². The minimum atomic E-state index is -0.761. The number of carboxylic acid groups (broad SMARTS) is 1. The summed E-state index contributed by atoms with van der Waals surface area (Å²) < 4.78 is 0.856. The first-order valence-corrected chi connectivity index (χ1v) is 6.07. The van der Waals surface area contributed by atoms with Crippen molar-refractivity contribution in [3.8, 4) is 0 Å². The Morgan fingerprint density at radius 3 is 2.64 bits per heavy atom. The molecule has 1 aromatic heterocycles. The van der Waals surface area contributed by atoms with Gasteiger partial charge >= 0.3 is 5.97 Å². The number of nitrogens with zero attached hydrogens (tertiary/aromatic N) is 1. The van der Waals surface area contributed by atoms with Crippen molar-refractivity contribution in [1.29, 1.82) is 0 Å². The number of aromatic nitrogens is 1. The summed E-state index contributed by atoms with van der Waals surface area (Å²) in [5.41, 5.74) is 0.998. The van der Waals surface area contributed by atoms with E-state index in [9.17, 15) is 4.79 Å². The maximum absolute atomic E-state index is 10.8. The highest BCUT2D eigenvalue weighted by atomic mass is 32.2. The van der Waals surface area contributed by atoms with E-state index in [1.807, 2.05) is 20.8 Å². The summed E-state index contributed by atoms with van der Waals surface area (Å²) in [5.74, 6) is -0.761. The lowest BCUT2D eigenvalue weighted by atomic mass is 10.3. The van der Waals surface area contributed by atoms with Crippen LogP contribution < -0.4 is 0 Å². The molecule has 0 saturated carbocycles. The summed E-state index contributed by atoms with van der Waals surface area (Å²) in [6, 6.07) is 0. The molecule has 1 atom stereocenters. The molecule has 78 valence electrons. The Morgan fingerprint density at radius 1 is 1.64 bits per heavy atom. The van der Waals surface area contributed by atoms with Crippen molar-refractivity contribution in [2.45, 2.75) is 36.8 Å². The van der Waals surface area contributed by atoms with Gasteiger partial charge in [0.05, 0.1) is 5.69 Å². The van der Waals surface area contributed by atoms with Crippen molar-refractivity contribution in [1.82, 2.24) is 4.98 Å². The van der Waals surface area contributed by atoms with Crippen molar-refractivity contribution in [2.24, 2.45) is 0 Å². The van der Waals surface area contributed by atoms with Crippen LogP contribution in [0.1, 0.15) is 23.9 Å². The summed E-state index contributed by atoms with van der Waals surface area (Å²) in [6.07, 6.45) is 0.623. The van der Waals surface area contributed by atoms with Crippen molar-refractivity contribution < 1.29 is 9.90 Å². The Labute approximate surface area is 91.6 Å². The molecule has 1 heterocycles. The van der Waals surface area contributed by atoms with E-state index in [0.29, 0.717) is 6.42 Å². The molecule has 0 spiro atoms. The van der Waals surface area contributed by atoms with Gasteiger partial charge in [-0.15, -0.1) is 11.3 Å². The van der Waals surface area contributed by atoms with Gasteiger partial charge in [0, 0.05) is 4.88 Å². The van der Waals surface area contributed by atoms with Crippen LogP contribution >= 0.6 is 23.1 Å². The molecule has 1 N–H and O–H groups in total. The second kappa shape index (κ2) is 4.79. The molecule has 0 saturated heterocycles. The van der Waals surface area contributed by atoms with E-state index in [4.69, 9.17) is 5.11 Å². The zero-order valence-electron chi connectivity index (χ0n) is 8.40. The maximum atomic E-state index is 10.8.